The number of nitrogens with one attached hydrogen (secondary N) is 1. The molecule has 7 heteroatoms. The molecule has 0 bridgehead atoms. The van der Waals surface area contributed by atoms with Gasteiger partial charge < -0.3 is 9.84 Å². The smallest absolute Gasteiger partial charge is 0.410 e. The van der Waals surface area contributed by atoms with Gasteiger partial charge in [-0.2, -0.15) is 0 Å². The molecular formula is C11H14N2O4S. The van der Waals surface area contributed by atoms with Gasteiger partial charge in [-0.05, 0) is 12.8 Å². The lowest BCUT2D eigenvalue weighted by Crippen LogP contribution is -2.21. The van der Waals surface area contributed by atoms with Gasteiger partial charge >= 0.3 is 6.09 Å². The molecule has 0 atom stereocenters. The molecule has 0 saturated heterocycles. The van der Waals surface area contributed by atoms with Crippen molar-refractivity contribution in [1.29, 1.82) is 0 Å². The second-order valence-corrected chi connectivity index (χ2v) is 4.98. The lowest BCUT2D eigenvalue weighted by Gasteiger charge is -2.20. The molecule has 2 rings (SSSR count). The normalized spacial score (nSPS) is 16.8. The lowest BCUT2D eigenvalue weighted by molar-refractivity contribution is -0.123. The zero-order chi connectivity index (χ0) is 13.0. The number of ketones is 1. The summed E-state index contributed by atoms with van der Waals surface area (Å²) in [4.78, 5) is 25.5. The van der Waals surface area contributed by atoms with Crippen LogP contribution in [0.3, 0.4) is 0 Å². The molecule has 0 aliphatic heterocycles. The van der Waals surface area contributed by atoms with Crippen molar-refractivity contribution in [3.8, 4) is 0 Å². The molecule has 2 N–H and O–H groups in total. The Bertz CT molecular complexity index is 436. The monoisotopic (exact) mass is 270 g/mol. The summed E-state index contributed by atoms with van der Waals surface area (Å²) in [7, 11) is 0. The van der Waals surface area contributed by atoms with Crippen molar-refractivity contribution in [2.75, 3.05) is 5.32 Å². The Morgan fingerprint density at radius 1 is 1.56 bits per heavy atom. The zero-order valence-corrected chi connectivity index (χ0v) is 10.5. The first kappa shape index (κ1) is 13.0. The summed E-state index contributed by atoms with van der Waals surface area (Å²) in [6.45, 7) is 0.358. The Balaban J connectivity index is 1.77. The minimum atomic E-state index is -1.12. The van der Waals surface area contributed by atoms with E-state index in [2.05, 4.69) is 10.3 Å². The van der Waals surface area contributed by atoms with Crippen molar-refractivity contribution in [1.82, 2.24) is 4.98 Å². The first-order valence-corrected chi connectivity index (χ1v) is 6.59. The number of thiazole rings is 1. The van der Waals surface area contributed by atoms with Crippen LogP contribution in [0, 0.1) is 0 Å². The number of hydrogen-bond acceptors (Lipinski definition) is 5. The van der Waals surface area contributed by atoms with Gasteiger partial charge in [0, 0.05) is 18.2 Å². The third-order valence-electron chi connectivity index (χ3n) is 2.72. The minimum Gasteiger partial charge on any atom is -0.465 e. The summed E-state index contributed by atoms with van der Waals surface area (Å²) in [6, 6.07) is 0. The zero-order valence-electron chi connectivity index (χ0n) is 9.72. The van der Waals surface area contributed by atoms with E-state index in [1.54, 1.807) is 5.38 Å². The molecule has 1 heterocycles. The Morgan fingerprint density at radius 2 is 2.28 bits per heavy atom. The van der Waals surface area contributed by atoms with Crippen LogP contribution >= 0.6 is 11.3 Å². The van der Waals surface area contributed by atoms with E-state index in [9.17, 15) is 9.59 Å². The molecule has 0 spiro atoms. The van der Waals surface area contributed by atoms with Crippen LogP contribution in [0.1, 0.15) is 31.4 Å². The summed E-state index contributed by atoms with van der Waals surface area (Å²) in [5, 5.41) is 12.8. The van der Waals surface area contributed by atoms with Crippen molar-refractivity contribution >= 4 is 28.3 Å². The minimum absolute atomic E-state index is 0.111. The van der Waals surface area contributed by atoms with Gasteiger partial charge in [0.15, 0.2) is 5.13 Å². The van der Waals surface area contributed by atoms with E-state index in [1.807, 2.05) is 0 Å². The van der Waals surface area contributed by atoms with Gasteiger partial charge in [0.05, 0.1) is 18.4 Å². The number of amides is 1. The van der Waals surface area contributed by atoms with Crippen molar-refractivity contribution in [3.05, 3.63) is 11.1 Å². The third-order valence-corrected chi connectivity index (χ3v) is 3.53. The lowest BCUT2D eigenvalue weighted by atomic mass is 9.96. The predicted octanol–water partition coefficient (Wildman–Crippen LogP) is 2.26. The van der Waals surface area contributed by atoms with E-state index in [4.69, 9.17) is 9.84 Å². The summed E-state index contributed by atoms with van der Waals surface area (Å²) >= 11 is 1.23. The molecule has 0 unspecified atom stereocenters. The number of Topliss-reactive ketones (excluding diaryl/α,β-unsaturated/α-hetero) is 1. The number of carboxylic acid groups (broad SMARTS) is 1. The van der Waals surface area contributed by atoms with Crippen molar-refractivity contribution in [2.45, 2.75) is 38.4 Å². The average Bonchev–Trinajstić information content (AvgIpc) is 2.75. The van der Waals surface area contributed by atoms with Gasteiger partial charge in [-0.15, -0.1) is 11.3 Å². The molecule has 1 aliphatic carbocycles. The van der Waals surface area contributed by atoms with E-state index in [-0.39, 0.29) is 6.10 Å². The van der Waals surface area contributed by atoms with Crippen LogP contribution in [-0.2, 0) is 16.1 Å². The molecule has 1 aromatic rings. The molecule has 0 radical (unpaired) electrons. The van der Waals surface area contributed by atoms with E-state index < -0.39 is 6.09 Å². The first-order valence-electron chi connectivity index (χ1n) is 5.71. The van der Waals surface area contributed by atoms with E-state index in [1.165, 1.54) is 11.3 Å². The highest BCUT2D eigenvalue weighted by Crippen LogP contribution is 2.21. The number of rotatable bonds is 4. The van der Waals surface area contributed by atoms with Crippen LogP contribution in [0.5, 0.6) is 0 Å². The highest BCUT2D eigenvalue weighted by molar-refractivity contribution is 7.13. The molecule has 0 aromatic carbocycles. The fraction of sp³-hybridized carbons (Fsp3) is 0.545. The third kappa shape index (κ3) is 3.78. The molecule has 6 nitrogen and oxygen atoms in total. The van der Waals surface area contributed by atoms with Crippen molar-refractivity contribution in [2.24, 2.45) is 0 Å². The molecule has 18 heavy (non-hydrogen) atoms. The van der Waals surface area contributed by atoms with Crippen molar-refractivity contribution in [3.63, 3.8) is 0 Å². The fourth-order valence-electron chi connectivity index (χ4n) is 1.81. The van der Waals surface area contributed by atoms with E-state index in [0.717, 1.165) is 12.8 Å². The van der Waals surface area contributed by atoms with Crippen molar-refractivity contribution < 1.29 is 19.4 Å². The fourth-order valence-corrected chi connectivity index (χ4v) is 2.49. The van der Waals surface area contributed by atoms with Gasteiger partial charge in [0.1, 0.15) is 5.78 Å². The SMILES string of the molecule is O=C1CCC(OCc2csc(NC(=O)O)n2)CC1. The van der Waals surface area contributed by atoms with Crippen LogP contribution in [0.25, 0.3) is 0 Å². The molecule has 1 fully saturated rings. The largest absolute Gasteiger partial charge is 0.465 e. The molecule has 1 aliphatic rings. The Kier molecular flexibility index (Phi) is 4.27. The average molecular weight is 270 g/mol. The number of aromatic nitrogens is 1. The quantitative estimate of drug-likeness (QED) is 0.876. The molecule has 1 aromatic heterocycles. The molecule has 1 amide bonds. The predicted molar refractivity (Wildman–Crippen MR) is 65.8 cm³/mol. The second-order valence-electron chi connectivity index (χ2n) is 4.12. The summed E-state index contributed by atoms with van der Waals surface area (Å²) in [5.41, 5.74) is 0.709. The summed E-state index contributed by atoms with van der Waals surface area (Å²) in [5.74, 6) is 0.302. The van der Waals surface area contributed by atoms with Gasteiger partial charge in [-0.25, -0.2) is 9.78 Å². The van der Waals surface area contributed by atoms with E-state index in [0.29, 0.717) is 36.1 Å². The number of ether oxygens (including phenoxy) is 1. The summed E-state index contributed by atoms with van der Waals surface area (Å²) < 4.78 is 5.65. The van der Waals surface area contributed by atoms with Gasteiger partial charge in [0.2, 0.25) is 0 Å². The highest BCUT2D eigenvalue weighted by atomic mass is 32.1. The van der Waals surface area contributed by atoms with E-state index >= 15 is 0 Å². The number of nitrogens with zero attached hydrogens (tertiary/aromatic N) is 1. The number of carbonyl (C=O) groups excluding carboxylic acids is 1. The first-order chi connectivity index (χ1) is 8.63. The van der Waals surface area contributed by atoms with Crippen LogP contribution in [-0.4, -0.2) is 28.1 Å². The summed E-state index contributed by atoms with van der Waals surface area (Å²) in [6.07, 6.45) is 1.70. The molecular weight excluding hydrogens is 256 g/mol. The molecule has 98 valence electrons. The highest BCUT2D eigenvalue weighted by Gasteiger charge is 2.19. The maximum absolute atomic E-state index is 11.1. The maximum atomic E-state index is 11.1. The number of anilines is 1. The van der Waals surface area contributed by atoms with Gasteiger partial charge in [0.25, 0.3) is 0 Å². The van der Waals surface area contributed by atoms with Crippen LogP contribution in [0.4, 0.5) is 9.93 Å². The van der Waals surface area contributed by atoms with Crippen LogP contribution in [0.15, 0.2) is 5.38 Å². The van der Waals surface area contributed by atoms with Crippen LogP contribution in [0.2, 0.25) is 0 Å². The standard InChI is InChI=1S/C11H14N2O4S/c14-8-1-3-9(4-2-8)17-5-7-6-18-10(12-7)13-11(15)16/h6,9H,1-5H2,(H,12,13)(H,15,16). The molecule has 1 saturated carbocycles. The van der Waals surface area contributed by atoms with Crippen LogP contribution < -0.4 is 5.32 Å². The number of hydrogen-bond donors (Lipinski definition) is 2. The van der Waals surface area contributed by atoms with Gasteiger partial charge in [-0.1, -0.05) is 0 Å². The maximum Gasteiger partial charge on any atom is 0.410 e. The Morgan fingerprint density at radius 3 is 2.94 bits per heavy atom. The Labute approximate surface area is 108 Å². The second kappa shape index (κ2) is 5.92. The number of carbonyl (C=O) groups is 2. The van der Waals surface area contributed by atoms with Gasteiger partial charge in [-0.3, -0.25) is 10.1 Å². The Hall–Kier alpha value is -1.47. The topological polar surface area (TPSA) is 88.5 Å².